The molecule has 0 unspecified atom stereocenters. The average molecular weight is 333 g/mol. The molecule has 0 amide bonds. The molecular weight excluding hydrogens is 292 g/mol. The van der Waals surface area contributed by atoms with Crippen LogP contribution in [0.1, 0.15) is 108 Å². The SMILES string of the molecule is CCCCCCCCc1c(O)ccc(CCC)c1CCCCCC. The van der Waals surface area contributed by atoms with Gasteiger partial charge in [-0.15, -0.1) is 0 Å². The van der Waals surface area contributed by atoms with Crippen LogP contribution in [-0.2, 0) is 19.3 Å². The highest BCUT2D eigenvalue weighted by Gasteiger charge is 2.12. The number of phenols is 1. The first-order chi connectivity index (χ1) is 11.7. The maximum Gasteiger partial charge on any atom is 0.119 e. The van der Waals surface area contributed by atoms with Gasteiger partial charge in [-0.25, -0.2) is 0 Å². The number of hydrogen-bond donors (Lipinski definition) is 1. The maximum atomic E-state index is 10.4. The van der Waals surface area contributed by atoms with E-state index < -0.39 is 0 Å². The lowest BCUT2D eigenvalue weighted by Gasteiger charge is -2.17. The van der Waals surface area contributed by atoms with Gasteiger partial charge in [0.15, 0.2) is 0 Å². The highest BCUT2D eigenvalue weighted by atomic mass is 16.3. The van der Waals surface area contributed by atoms with Gasteiger partial charge in [-0.05, 0) is 54.9 Å². The van der Waals surface area contributed by atoms with E-state index in [1.807, 2.05) is 6.07 Å². The van der Waals surface area contributed by atoms with Crippen molar-refractivity contribution in [1.29, 1.82) is 0 Å². The Labute approximate surface area is 150 Å². The Balaban J connectivity index is 2.69. The number of hydrogen-bond acceptors (Lipinski definition) is 1. The number of benzene rings is 1. The van der Waals surface area contributed by atoms with E-state index in [2.05, 4.69) is 26.8 Å². The maximum absolute atomic E-state index is 10.4. The lowest BCUT2D eigenvalue weighted by atomic mass is 9.90. The Morgan fingerprint density at radius 3 is 1.75 bits per heavy atom. The minimum atomic E-state index is 0.536. The quantitative estimate of drug-likeness (QED) is 0.352. The van der Waals surface area contributed by atoms with Crippen LogP contribution in [-0.4, -0.2) is 5.11 Å². The van der Waals surface area contributed by atoms with Crippen molar-refractivity contribution in [3.8, 4) is 5.75 Å². The number of phenolic OH excluding ortho intramolecular Hbond substituents is 1. The summed E-state index contributed by atoms with van der Waals surface area (Å²) in [4.78, 5) is 0. The molecule has 0 saturated carbocycles. The van der Waals surface area contributed by atoms with Gasteiger partial charge in [0.2, 0.25) is 0 Å². The Hall–Kier alpha value is -0.980. The van der Waals surface area contributed by atoms with E-state index in [1.54, 1.807) is 0 Å². The average Bonchev–Trinajstić information content (AvgIpc) is 2.58. The first kappa shape index (κ1) is 21.1. The molecular formula is C23H40O. The van der Waals surface area contributed by atoms with Crippen molar-refractivity contribution >= 4 is 0 Å². The van der Waals surface area contributed by atoms with E-state index in [1.165, 1.54) is 87.3 Å². The van der Waals surface area contributed by atoms with Crippen molar-refractivity contribution in [2.45, 2.75) is 111 Å². The van der Waals surface area contributed by atoms with Crippen molar-refractivity contribution in [1.82, 2.24) is 0 Å². The smallest absolute Gasteiger partial charge is 0.119 e. The van der Waals surface area contributed by atoms with E-state index >= 15 is 0 Å². The van der Waals surface area contributed by atoms with Gasteiger partial charge >= 0.3 is 0 Å². The van der Waals surface area contributed by atoms with Crippen LogP contribution < -0.4 is 0 Å². The van der Waals surface area contributed by atoms with Crippen LogP contribution in [0.25, 0.3) is 0 Å². The fourth-order valence-electron chi connectivity index (χ4n) is 3.63. The van der Waals surface area contributed by atoms with Crippen molar-refractivity contribution < 1.29 is 5.11 Å². The summed E-state index contributed by atoms with van der Waals surface area (Å²) >= 11 is 0. The van der Waals surface area contributed by atoms with Gasteiger partial charge in [0.25, 0.3) is 0 Å². The van der Waals surface area contributed by atoms with Crippen LogP contribution in [0.4, 0.5) is 0 Å². The second-order valence-electron chi connectivity index (χ2n) is 7.28. The van der Waals surface area contributed by atoms with Crippen molar-refractivity contribution in [3.63, 3.8) is 0 Å². The van der Waals surface area contributed by atoms with Crippen LogP contribution in [0.5, 0.6) is 5.75 Å². The molecule has 0 aliphatic heterocycles. The van der Waals surface area contributed by atoms with E-state index in [9.17, 15) is 5.11 Å². The minimum absolute atomic E-state index is 0.536. The van der Waals surface area contributed by atoms with Gasteiger partial charge < -0.3 is 5.11 Å². The molecule has 1 aromatic carbocycles. The molecule has 0 aliphatic carbocycles. The van der Waals surface area contributed by atoms with Crippen LogP contribution in [0.3, 0.4) is 0 Å². The van der Waals surface area contributed by atoms with Crippen molar-refractivity contribution in [3.05, 3.63) is 28.8 Å². The van der Waals surface area contributed by atoms with Gasteiger partial charge in [-0.3, -0.25) is 0 Å². The highest BCUT2D eigenvalue weighted by molar-refractivity contribution is 5.45. The molecule has 0 fully saturated rings. The zero-order valence-corrected chi connectivity index (χ0v) is 16.5. The summed E-state index contributed by atoms with van der Waals surface area (Å²) in [6.45, 7) is 6.78. The summed E-state index contributed by atoms with van der Waals surface area (Å²) in [6.07, 6.45) is 17.6. The van der Waals surface area contributed by atoms with E-state index in [0.717, 1.165) is 19.3 Å². The van der Waals surface area contributed by atoms with Crippen LogP contribution >= 0.6 is 0 Å². The molecule has 0 aromatic heterocycles. The molecule has 0 radical (unpaired) electrons. The topological polar surface area (TPSA) is 20.2 Å². The third-order valence-electron chi connectivity index (χ3n) is 5.08. The summed E-state index contributed by atoms with van der Waals surface area (Å²) < 4.78 is 0. The second-order valence-corrected chi connectivity index (χ2v) is 7.28. The van der Waals surface area contributed by atoms with Gasteiger partial charge in [0, 0.05) is 0 Å². The molecule has 1 N–H and O–H groups in total. The first-order valence-electron chi connectivity index (χ1n) is 10.6. The fourth-order valence-corrected chi connectivity index (χ4v) is 3.63. The van der Waals surface area contributed by atoms with Gasteiger partial charge in [-0.2, -0.15) is 0 Å². The van der Waals surface area contributed by atoms with Crippen LogP contribution in [0.15, 0.2) is 12.1 Å². The number of aryl methyl sites for hydroxylation is 1. The molecule has 1 rings (SSSR count). The second kappa shape index (κ2) is 13.3. The number of rotatable bonds is 14. The summed E-state index contributed by atoms with van der Waals surface area (Å²) in [5.41, 5.74) is 4.21. The molecule has 0 saturated heterocycles. The summed E-state index contributed by atoms with van der Waals surface area (Å²) in [7, 11) is 0. The van der Waals surface area contributed by atoms with E-state index in [4.69, 9.17) is 0 Å². The third kappa shape index (κ3) is 7.73. The largest absolute Gasteiger partial charge is 0.508 e. The normalized spacial score (nSPS) is 11.1. The molecule has 1 heteroatoms. The van der Waals surface area contributed by atoms with Crippen molar-refractivity contribution in [2.75, 3.05) is 0 Å². The molecule has 0 atom stereocenters. The predicted molar refractivity (Wildman–Crippen MR) is 107 cm³/mol. The minimum Gasteiger partial charge on any atom is -0.508 e. The predicted octanol–water partition coefficient (Wildman–Crippen LogP) is 7.37. The zero-order valence-electron chi connectivity index (χ0n) is 16.5. The monoisotopic (exact) mass is 332 g/mol. The molecule has 24 heavy (non-hydrogen) atoms. The molecule has 0 spiro atoms. The van der Waals surface area contributed by atoms with Gasteiger partial charge in [0.1, 0.15) is 5.75 Å². The standard InChI is InChI=1S/C23H40O/c1-4-7-9-11-12-14-17-22-21(16-13-10-8-5-2)20(15-6-3)18-19-23(22)24/h18-19,24H,4-17H2,1-3H3. The first-order valence-corrected chi connectivity index (χ1v) is 10.6. The van der Waals surface area contributed by atoms with E-state index in [-0.39, 0.29) is 0 Å². The lowest BCUT2D eigenvalue weighted by Crippen LogP contribution is -2.02. The van der Waals surface area contributed by atoms with E-state index in [0.29, 0.717) is 5.75 Å². The zero-order chi connectivity index (χ0) is 17.6. The van der Waals surface area contributed by atoms with Gasteiger partial charge in [0.05, 0.1) is 0 Å². The Morgan fingerprint density at radius 1 is 0.583 bits per heavy atom. The van der Waals surface area contributed by atoms with Gasteiger partial charge in [-0.1, -0.05) is 84.6 Å². The fraction of sp³-hybridized carbons (Fsp3) is 0.739. The Morgan fingerprint density at radius 2 is 1.12 bits per heavy atom. The Bertz CT molecular complexity index is 436. The molecule has 1 aromatic rings. The summed E-state index contributed by atoms with van der Waals surface area (Å²) in [6, 6.07) is 4.10. The molecule has 0 aliphatic rings. The molecule has 138 valence electrons. The van der Waals surface area contributed by atoms with Crippen LogP contribution in [0, 0.1) is 0 Å². The third-order valence-corrected chi connectivity index (χ3v) is 5.08. The number of aromatic hydroxyl groups is 1. The summed E-state index contributed by atoms with van der Waals surface area (Å²) in [5, 5.41) is 10.4. The van der Waals surface area contributed by atoms with Crippen LogP contribution in [0.2, 0.25) is 0 Å². The lowest BCUT2D eigenvalue weighted by molar-refractivity contribution is 0.463. The molecule has 0 heterocycles. The molecule has 0 bridgehead atoms. The number of unbranched alkanes of at least 4 members (excludes halogenated alkanes) is 8. The van der Waals surface area contributed by atoms with Crippen molar-refractivity contribution in [2.24, 2.45) is 0 Å². The summed E-state index contributed by atoms with van der Waals surface area (Å²) in [5.74, 6) is 0.536. The highest BCUT2D eigenvalue weighted by Crippen LogP contribution is 2.29. The Kier molecular flexibility index (Phi) is 11.7. The molecule has 1 nitrogen and oxygen atoms in total.